The third-order valence-electron chi connectivity index (χ3n) is 2.13. The Labute approximate surface area is 84.7 Å². The van der Waals surface area contributed by atoms with Gasteiger partial charge in [0.2, 0.25) is 0 Å². The van der Waals surface area contributed by atoms with Crippen molar-refractivity contribution in [3.8, 4) is 6.07 Å². The van der Waals surface area contributed by atoms with Gasteiger partial charge in [0, 0.05) is 20.0 Å². The molecule has 0 radical (unpaired) electrons. The molecule has 0 saturated heterocycles. The predicted molar refractivity (Wildman–Crippen MR) is 59.0 cm³/mol. The molecule has 1 aromatic rings. The van der Waals surface area contributed by atoms with Crippen molar-refractivity contribution in [2.75, 3.05) is 24.2 Å². The Morgan fingerprint density at radius 1 is 1.43 bits per heavy atom. The van der Waals surface area contributed by atoms with E-state index in [1.54, 1.807) is 0 Å². The van der Waals surface area contributed by atoms with Gasteiger partial charge in [0.05, 0.1) is 17.4 Å². The molecule has 2 N–H and O–H groups in total. The number of hydrogen-bond acceptors (Lipinski definition) is 3. The second-order valence-electron chi connectivity index (χ2n) is 3.24. The molecule has 0 atom stereocenters. The first-order chi connectivity index (χ1) is 6.75. The van der Waals surface area contributed by atoms with Crippen molar-refractivity contribution in [3.05, 3.63) is 24.3 Å². The van der Waals surface area contributed by atoms with Gasteiger partial charge in [-0.15, -0.1) is 0 Å². The molecule has 14 heavy (non-hydrogen) atoms. The molecule has 0 saturated carbocycles. The first-order valence-corrected chi connectivity index (χ1v) is 4.68. The van der Waals surface area contributed by atoms with Crippen molar-refractivity contribution in [1.29, 1.82) is 5.26 Å². The smallest absolute Gasteiger partial charge is 0.0622 e. The molecule has 0 heterocycles. The van der Waals surface area contributed by atoms with Gasteiger partial charge < -0.3 is 10.6 Å². The first-order valence-electron chi connectivity index (χ1n) is 4.68. The lowest BCUT2D eigenvalue weighted by atomic mass is 10.2. The van der Waals surface area contributed by atoms with E-state index in [2.05, 4.69) is 11.0 Å². The minimum Gasteiger partial charge on any atom is -0.397 e. The Balaban J connectivity index is 2.57. The zero-order valence-electron chi connectivity index (χ0n) is 8.40. The normalized spacial score (nSPS) is 9.43. The number of hydrogen-bond donors (Lipinski definition) is 1. The summed E-state index contributed by atoms with van der Waals surface area (Å²) in [6, 6.07) is 9.89. The van der Waals surface area contributed by atoms with Crippen LogP contribution in [0.3, 0.4) is 0 Å². The molecule has 0 amide bonds. The van der Waals surface area contributed by atoms with Gasteiger partial charge in [0.1, 0.15) is 0 Å². The average Bonchev–Trinajstić information content (AvgIpc) is 2.18. The van der Waals surface area contributed by atoms with Crippen LogP contribution >= 0.6 is 0 Å². The van der Waals surface area contributed by atoms with E-state index in [0.29, 0.717) is 6.42 Å². The van der Waals surface area contributed by atoms with E-state index in [1.807, 2.05) is 31.3 Å². The van der Waals surface area contributed by atoms with Crippen LogP contribution in [-0.2, 0) is 0 Å². The van der Waals surface area contributed by atoms with Crippen molar-refractivity contribution >= 4 is 11.4 Å². The zero-order chi connectivity index (χ0) is 10.4. The first kappa shape index (κ1) is 10.4. The summed E-state index contributed by atoms with van der Waals surface area (Å²) < 4.78 is 0. The third-order valence-corrected chi connectivity index (χ3v) is 2.13. The lowest BCUT2D eigenvalue weighted by Gasteiger charge is -2.20. The summed E-state index contributed by atoms with van der Waals surface area (Å²) in [5.41, 5.74) is 7.64. The SMILES string of the molecule is CN(CCCC#N)c1ccccc1N. The van der Waals surface area contributed by atoms with Gasteiger partial charge in [-0.1, -0.05) is 12.1 Å². The Kier molecular flexibility index (Phi) is 3.81. The van der Waals surface area contributed by atoms with E-state index in [9.17, 15) is 0 Å². The summed E-state index contributed by atoms with van der Waals surface area (Å²) in [6.45, 7) is 0.863. The summed E-state index contributed by atoms with van der Waals surface area (Å²) >= 11 is 0. The molecule has 0 spiro atoms. The molecule has 0 aliphatic carbocycles. The van der Waals surface area contributed by atoms with Gasteiger partial charge >= 0.3 is 0 Å². The fraction of sp³-hybridized carbons (Fsp3) is 0.364. The van der Waals surface area contributed by atoms with Gasteiger partial charge in [-0.25, -0.2) is 0 Å². The Morgan fingerprint density at radius 3 is 2.79 bits per heavy atom. The summed E-state index contributed by atoms with van der Waals surface area (Å²) in [7, 11) is 1.99. The van der Waals surface area contributed by atoms with Gasteiger partial charge in [0.25, 0.3) is 0 Å². The van der Waals surface area contributed by atoms with Crippen LogP contribution in [0.4, 0.5) is 11.4 Å². The number of nitrogens with two attached hydrogens (primary N) is 1. The summed E-state index contributed by atoms with van der Waals surface area (Å²) in [5, 5.41) is 8.41. The summed E-state index contributed by atoms with van der Waals surface area (Å²) in [5.74, 6) is 0. The van der Waals surface area contributed by atoms with E-state index in [-0.39, 0.29) is 0 Å². The van der Waals surface area contributed by atoms with Crippen LogP contribution in [0.15, 0.2) is 24.3 Å². The molecule has 0 fully saturated rings. The molecule has 0 aromatic heterocycles. The maximum Gasteiger partial charge on any atom is 0.0622 e. The third kappa shape index (κ3) is 2.67. The van der Waals surface area contributed by atoms with Gasteiger partial charge in [-0.3, -0.25) is 0 Å². The molecular formula is C11H15N3. The van der Waals surface area contributed by atoms with Crippen LogP contribution in [0.5, 0.6) is 0 Å². The number of nitrogen functional groups attached to an aromatic ring is 1. The lowest BCUT2D eigenvalue weighted by Crippen LogP contribution is -2.19. The number of benzene rings is 1. The Hall–Kier alpha value is -1.69. The molecule has 1 aromatic carbocycles. The fourth-order valence-electron chi connectivity index (χ4n) is 1.35. The van der Waals surface area contributed by atoms with E-state index in [0.717, 1.165) is 24.3 Å². The Morgan fingerprint density at radius 2 is 2.14 bits per heavy atom. The van der Waals surface area contributed by atoms with Crippen LogP contribution < -0.4 is 10.6 Å². The van der Waals surface area contributed by atoms with Crippen molar-refractivity contribution in [2.45, 2.75) is 12.8 Å². The largest absolute Gasteiger partial charge is 0.397 e. The molecule has 3 heteroatoms. The average molecular weight is 189 g/mol. The van der Waals surface area contributed by atoms with Crippen LogP contribution in [0.2, 0.25) is 0 Å². The van der Waals surface area contributed by atoms with Crippen LogP contribution in [0.1, 0.15) is 12.8 Å². The highest BCUT2D eigenvalue weighted by Crippen LogP contribution is 2.20. The van der Waals surface area contributed by atoms with Crippen molar-refractivity contribution in [1.82, 2.24) is 0 Å². The molecule has 3 nitrogen and oxygen atoms in total. The maximum atomic E-state index is 8.41. The van der Waals surface area contributed by atoms with E-state index in [1.165, 1.54) is 0 Å². The Bertz CT molecular complexity index is 328. The molecule has 0 aliphatic heterocycles. The fourth-order valence-corrected chi connectivity index (χ4v) is 1.35. The standard InChI is InChI=1S/C11H15N3/c1-14(9-5-4-8-12)11-7-3-2-6-10(11)13/h2-3,6-7H,4-5,9,13H2,1H3. The molecule has 74 valence electrons. The number of unbranched alkanes of at least 4 members (excludes halogenated alkanes) is 1. The molecule has 0 bridgehead atoms. The van der Waals surface area contributed by atoms with Gasteiger partial charge in [-0.05, 0) is 18.6 Å². The minimum atomic E-state index is 0.594. The highest BCUT2D eigenvalue weighted by Gasteiger charge is 2.02. The van der Waals surface area contributed by atoms with Crippen LogP contribution in [-0.4, -0.2) is 13.6 Å². The lowest BCUT2D eigenvalue weighted by molar-refractivity contribution is 0.807. The highest BCUT2D eigenvalue weighted by molar-refractivity contribution is 5.66. The van der Waals surface area contributed by atoms with Crippen molar-refractivity contribution < 1.29 is 0 Å². The second-order valence-corrected chi connectivity index (χ2v) is 3.24. The highest BCUT2D eigenvalue weighted by atomic mass is 15.1. The molecular weight excluding hydrogens is 174 g/mol. The van der Waals surface area contributed by atoms with Crippen LogP contribution in [0.25, 0.3) is 0 Å². The minimum absolute atomic E-state index is 0.594. The number of para-hydroxylation sites is 2. The predicted octanol–water partition coefficient (Wildman–Crippen LogP) is 2.01. The van der Waals surface area contributed by atoms with Gasteiger partial charge in [0.15, 0.2) is 0 Å². The van der Waals surface area contributed by atoms with Gasteiger partial charge in [-0.2, -0.15) is 5.26 Å². The monoisotopic (exact) mass is 189 g/mol. The number of nitriles is 1. The number of nitrogens with zero attached hydrogens (tertiary/aromatic N) is 2. The molecule has 1 rings (SSSR count). The summed E-state index contributed by atoms with van der Waals surface area (Å²) in [4.78, 5) is 2.08. The van der Waals surface area contributed by atoms with E-state index in [4.69, 9.17) is 11.0 Å². The molecule has 0 aliphatic rings. The summed E-state index contributed by atoms with van der Waals surface area (Å²) in [6.07, 6.45) is 1.47. The quantitative estimate of drug-likeness (QED) is 0.582. The second kappa shape index (κ2) is 5.13. The van der Waals surface area contributed by atoms with E-state index < -0.39 is 0 Å². The van der Waals surface area contributed by atoms with Crippen molar-refractivity contribution in [2.24, 2.45) is 0 Å². The number of rotatable bonds is 4. The van der Waals surface area contributed by atoms with E-state index >= 15 is 0 Å². The topological polar surface area (TPSA) is 53.0 Å². The van der Waals surface area contributed by atoms with Crippen molar-refractivity contribution in [3.63, 3.8) is 0 Å². The van der Waals surface area contributed by atoms with Crippen LogP contribution in [0, 0.1) is 11.3 Å². The zero-order valence-corrected chi connectivity index (χ0v) is 8.40. The molecule has 0 unspecified atom stereocenters. The maximum absolute atomic E-state index is 8.41. The number of anilines is 2.